The van der Waals surface area contributed by atoms with Crippen molar-refractivity contribution in [1.82, 2.24) is 4.72 Å². The lowest BCUT2D eigenvalue weighted by Crippen LogP contribution is -2.23. The van der Waals surface area contributed by atoms with Crippen LogP contribution in [0.5, 0.6) is 5.75 Å². The fourth-order valence-corrected chi connectivity index (χ4v) is 3.43. The third-order valence-electron chi connectivity index (χ3n) is 2.77. The number of hydrogen-bond acceptors (Lipinski definition) is 3. The first kappa shape index (κ1) is 16.1. The first-order valence-electron chi connectivity index (χ1n) is 5.99. The Morgan fingerprint density at radius 2 is 1.62 bits per heavy atom. The summed E-state index contributed by atoms with van der Waals surface area (Å²) in [6.45, 7) is 0.163. The van der Waals surface area contributed by atoms with Gasteiger partial charge in [0.15, 0.2) is 0 Å². The van der Waals surface area contributed by atoms with Crippen LogP contribution in [0.25, 0.3) is 0 Å². The summed E-state index contributed by atoms with van der Waals surface area (Å²) in [7, 11) is -2.10. The van der Waals surface area contributed by atoms with E-state index in [2.05, 4.69) is 4.72 Å². The van der Waals surface area contributed by atoms with E-state index in [1.165, 1.54) is 18.2 Å². The highest BCUT2D eigenvalue weighted by atomic mass is 35.5. The molecule has 21 heavy (non-hydrogen) atoms. The van der Waals surface area contributed by atoms with E-state index in [1.54, 1.807) is 31.4 Å². The van der Waals surface area contributed by atoms with Gasteiger partial charge in [0.2, 0.25) is 10.0 Å². The zero-order valence-corrected chi connectivity index (χ0v) is 13.5. The van der Waals surface area contributed by atoms with Crippen LogP contribution < -0.4 is 9.46 Å². The van der Waals surface area contributed by atoms with Crippen molar-refractivity contribution in [2.24, 2.45) is 0 Å². The molecule has 0 fully saturated rings. The quantitative estimate of drug-likeness (QED) is 0.902. The molecule has 0 saturated heterocycles. The molecular formula is C14H13Cl2NO3S. The lowest BCUT2D eigenvalue weighted by molar-refractivity contribution is 0.414. The molecule has 4 nitrogen and oxygen atoms in total. The van der Waals surface area contributed by atoms with E-state index in [9.17, 15) is 8.42 Å². The van der Waals surface area contributed by atoms with Crippen LogP contribution in [0.15, 0.2) is 47.4 Å². The van der Waals surface area contributed by atoms with Gasteiger partial charge in [-0.2, -0.15) is 0 Å². The number of rotatable bonds is 5. The van der Waals surface area contributed by atoms with Crippen molar-refractivity contribution in [2.45, 2.75) is 11.4 Å². The fourth-order valence-electron chi connectivity index (χ4n) is 1.69. The first-order valence-corrected chi connectivity index (χ1v) is 8.23. The van der Waals surface area contributed by atoms with E-state index >= 15 is 0 Å². The van der Waals surface area contributed by atoms with Gasteiger partial charge in [0.25, 0.3) is 0 Å². The van der Waals surface area contributed by atoms with Crippen molar-refractivity contribution >= 4 is 33.2 Å². The average Bonchev–Trinajstić information content (AvgIpc) is 2.45. The van der Waals surface area contributed by atoms with E-state index < -0.39 is 10.0 Å². The Kier molecular flexibility index (Phi) is 5.11. The smallest absolute Gasteiger partial charge is 0.240 e. The molecule has 2 aromatic rings. The fraction of sp³-hybridized carbons (Fsp3) is 0.143. The summed E-state index contributed by atoms with van der Waals surface area (Å²) >= 11 is 11.6. The van der Waals surface area contributed by atoms with Gasteiger partial charge in [-0.05, 0) is 35.9 Å². The predicted octanol–water partition coefficient (Wildman–Crippen LogP) is 3.48. The van der Waals surface area contributed by atoms with E-state index in [0.717, 1.165) is 5.56 Å². The molecule has 0 aliphatic heterocycles. The normalized spacial score (nSPS) is 11.4. The second-order valence-corrected chi connectivity index (χ2v) is 6.92. The highest BCUT2D eigenvalue weighted by Gasteiger charge is 2.15. The molecule has 0 atom stereocenters. The minimum absolute atomic E-state index is 0.0357. The van der Waals surface area contributed by atoms with E-state index in [1.807, 2.05) is 0 Å². The highest BCUT2D eigenvalue weighted by molar-refractivity contribution is 7.89. The molecule has 0 aliphatic rings. The predicted molar refractivity (Wildman–Crippen MR) is 83.5 cm³/mol. The van der Waals surface area contributed by atoms with Crippen molar-refractivity contribution in [3.63, 3.8) is 0 Å². The maximum absolute atomic E-state index is 12.2. The van der Waals surface area contributed by atoms with Gasteiger partial charge in [-0.25, -0.2) is 13.1 Å². The van der Waals surface area contributed by atoms with Crippen molar-refractivity contribution in [3.05, 3.63) is 58.1 Å². The summed E-state index contributed by atoms with van der Waals surface area (Å²) in [6.07, 6.45) is 0. The van der Waals surface area contributed by atoms with Crippen LogP contribution in [-0.2, 0) is 16.6 Å². The molecule has 0 saturated carbocycles. The van der Waals surface area contributed by atoms with Crippen LogP contribution in [-0.4, -0.2) is 15.5 Å². The molecule has 0 bridgehead atoms. The Morgan fingerprint density at radius 1 is 1.05 bits per heavy atom. The molecule has 0 spiro atoms. The number of halogens is 2. The maximum atomic E-state index is 12.2. The third-order valence-corrected chi connectivity index (χ3v) is 4.59. The van der Waals surface area contributed by atoms with Gasteiger partial charge in [-0.1, -0.05) is 35.3 Å². The summed E-state index contributed by atoms with van der Waals surface area (Å²) < 4.78 is 31.9. The zero-order chi connectivity index (χ0) is 15.5. The molecule has 0 radical (unpaired) electrons. The standard InChI is InChI=1S/C14H13Cl2NO3S/c1-20-13-4-2-10(3-5-13)9-17-21(18,19)14-7-11(15)6-12(16)8-14/h2-8,17H,9H2,1H3. The number of sulfonamides is 1. The molecule has 7 heteroatoms. The van der Waals surface area contributed by atoms with Crippen molar-refractivity contribution in [2.75, 3.05) is 7.11 Å². The van der Waals surface area contributed by atoms with E-state index in [4.69, 9.17) is 27.9 Å². The van der Waals surface area contributed by atoms with Crippen LogP contribution >= 0.6 is 23.2 Å². The van der Waals surface area contributed by atoms with Crippen LogP contribution in [0.2, 0.25) is 10.0 Å². The van der Waals surface area contributed by atoms with Crippen LogP contribution in [0.4, 0.5) is 0 Å². The first-order chi connectivity index (χ1) is 9.90. The summed E-state index contributed by atoms with van der Waals surface area (Å²) in [5.74, 6) is 0.711. The topological polar surface area (TPSA) is 55.4 Å². The summed E-state index contributed by atoms with van der Waals surface area (Å²) in [4.78, 5) is 0.0357. The molecule has 2 aromatic carbocycles. The molecule has 0 heterocycles. The Hall–Kier alpha value is -1.27. The van der Waals surface area contributed by atoms with Gasteiger partial charge >= 0.3 is 0 Å². The van der Waals surface area contributed by atoms with Gasteiger partial charge in [-0.15, -0.1) is 0 Å². The zero-order valence-electron chi connectivity index (χ0n) is 11.1. The van der Waals surface area contributed by atoms with E-state index in [0.29, 0.717) is 5.75 Å². The highest BCUT2D eigenvalue weighted by Crippen LogP contribution is 2.22. The second kappa shape index (κ2) is 6.66. The number of ether oxygens (including phenoxy) is 1. The number of methoxy groups -OCH3 is 1. The Balaban J connectivity index is 2.13. The van der Waals surface area contributed by atoms with Crippen LogP contribution in [0.3, 0.4) is 0 Å². The SMILES string of the molecule is COc1ccc(CNS(=O)(=O)c2cc(Cl)cc(Cl)c2)cc1. The second-order valence-electron chi connectivity index (χ2n) is 4.28. The summed E-state index contributed by atoms with van der Waals surface area (Å²) in [5, 5.41) is 0.541. The Bertz CT molecular complexity index is 710. The molecule has 112 valence electrons. The molecule has 2 rings (SSSR count). The van der Waals surface area contributed by atoms with Gasteiger partial charge < -0.3 is 4.74 Å². The van der Waals surface area contributed by atoms with Gasteiger partial charge in [-0.3, -0.25) is 0 Å². The third kappa shape index (κ3) is 4.35. The molecule has 0 aliphatic carbocycles. The largest absolute Gasteiger partial charge is 0.497 e. The molecule has 1 N–H and O–H groups in total. The number of hydrogen-bond donors (Lipinski definition) is 1. The average molecular weight is 346 g/mol. The summed E-state index contributed by atoms with van der Waals surface area (Å²) in [5.41, 5.74) is 0.813. The monoisotopic (exact) mass is 345 g/mol. The van der Waals surface area contributed by atoms with Crippen molar-refractivity contribution < 1.29 is 13.2 Å². The molecule has 0 aromatic heterocycles. The van der Waals surface area contributed by atoms with Gasteiger partial charge in [0.05, 0.1) is 12.0 Å². The van der Waals surface area contributed by atoms with Crippen molar-refractivity contribution in [3.8, 4) is 5.75 Å². The van der Waals surface area contributed by atoms with Crippen molar-refractivity contribution in [1.29, 1.82) is 0 Å². The Labute approximate surface area is 133 Å². The lowest BCUT2D eigenvalue weighted by atomic mass is 10.2. The Morgan fingerprint density at radius 3 is 2.14 bits per heavy atom. The minimum atomic E-state index is -3.67. The van der Waals surface area contributed by atoms with E-state index in [-0.39, 0.29) is 21.5 Å². The number of nitrogens with one attached hydrogen (secondary N) is 1. The molecular weight excluding hydrogens is 333 g/mol. The van der Waals surface area contributed by atoms with Gasteiger partial charge in [0, 0.05) is 16.6 Å². The maximum Gasteiger partial charge on any atom is 0.240 e. The molecule has 0 amide bonds. The lowest BCUT2D eigenvalue weighted by Gasteiger charge is -2.08. The van der Waals surface area contributed by atoms with Crippen LogP contribution in [0.1, 0.15) is 5.56 Å². The number of benzene rings is 2. The summed E-state index contributed by atoms with van der Waals surface area (Å²) in [6, 6.07) is 11.3. The molecule has 0 unspecified atom stereocenters. The van der Waals surface area contributed by atoms with Crippen LogP contribution in [0, 0.1) is 0 Å². The van der Waals surface area contributed by atoms with Gasteiger partial charge in [0.1, 0.15) is 5.75 Å². The minimum Gasteiger partial charge on any atom is -0.497 e.